The van der Waals surface area contributed by atoms with Gasteiger partial charge in [0.05, 0.1) is 0 Å². The van der Waals surface area contributed by atoms with Crippen LogP contribution in [0.15, 0.2) is 23.6 Å². The van der Waals surface area contributed by atoms with Crippen LogP contribution in [0.1, 0.15) is 24.3 Å². The van der Waals surface area contributed by atoms with Crippen LogP contribution in [-0.2, 0) is 0 Å². The molecule has 1 aliphatic heterocycles. The Labute approximate surface area is 138 Å². The number of amides is 1. The minimum atomic E-state index is -0.454. The Balaban J connectivity index is 1.75. The molecule has 0 saturated heterocycles. The zero-order valence-corrected chi connectivity index (χ0v) is 13.9. The molecule has 0 fully saturated rings. The molecular formula is C16H19N3O3S. The number of carbonyl (C=O) groups is 1. The first kappa shape index (κ1) is 15.8. The molecule has 1 aliphatic rings. The molecule has 0 spiro atoms. The smallest absolute Gasteiger partial charge is 0.270 e. The van der Waals surface area contributed by atoms with Gasteiger partial charge in [0, 0.05) is 23.0 Å². The molecule has 0 aliphatic carbocycles. The molecule has 1 aromatic carbocycles. The first-order chi connectivity index (χ1) is 10.9. The summed E-state index contributed by atoms with van der Waals surface area (Å²) in [6.07, 6.45) is 0. The van der Waals surface area contributed by atoms with Crippen LogP contribution in [0.3, 0.4) is 0 Å². The summed E-state index contributed by atoms with van der Waals surface area (Å²) < 4.78 is 11.1. The molecular weight excluding hydrogens is 314 g/mol. The van der Waals surface area contributed by atoms with E-state index < -0.39 is 5.54 Å². The maximum atomic E-state index is 12.1. The zero-order valence-electron chi connectivity index (χ0n) is 13.1. The molecule has 7 heteroatoms. The van der Waals surface area contributed by atoms with Gasteiger partial charge in [0.1, 0.15) is 23.9 Å². The van der Waals surface area contributed by atoms with Gasteiger partial charge < -0.3 is 20.5 Å². The van der Waals surface area contributed by atoms with Crippen molar-refractivity contribution < 1.29 is 14.3 Å². The SMILES string of the molecule is CC(C)(N)CNC(=O)c1csc(-c2ccc3c(c2)OCCO3)n1. The molecule has 0 atom stereocenters. The fourth-order valence-corrected chi connectivity index (χ4v) is 2.88. The third-order valence-electron chi connectivity index (χ3n) is 3.23. The maximum Gasteiger partial charge on any atom is 0.270 e. The van der Waals surface area contributed by atoms with Crippen LogP contribution in [0.2, 0.25) is 0 Å². The predicted molar refractivity (Wildman–Crippen MR) is 89.1 cm³/mol. The van der Waals surface area contributed by atoms with Gasteiger partial charge in [-0.2, -0.15) is 0 Å². The van der Waals surface area contributed by atoms with Crippen molar-refractivity contribution in [2.24, 2.45) is 5.73 Å². The van der Waals surface area contributed by atoms with Gasteiger partial charge in [-0.05, 0) is 32.0 Å². The number of benzene rings is 1. The van der Waals surface area contributed by atoms with E-state index in [0.29, 0.717) is 31.2 Å². The van der Waals surface area contributed by atoms with Crippen molar-refractivity contribution in [1.82, 2.24) is 10.3 Å². The lowest BCUT2D eigenvalue weighted by molar-refractivity contribution is 0.0942. The molecule has 0 unspecified atom stereocenters. The summed E-state index contributed by atoms with van der Waals surface area (Å²) in [6.45, 7) is 5.20. The lowest BCUT2D eigenvalue weighted by Gasteiger charge is -2.18. The highest BCUT2D eigenvalue weighted by molar-refractivity contribution is 7.13. The summed E-state index contributed by atoms with van der Waals surface area (Å²) in [5.41, 5.74) is 6.70. The Morgan fingerprint density at radius 3 is 2.83 bits per heavy atom. The van der Waals surface area contributed by atoms with Gasteiger partial charge in [-0.3, -0.25) is 4.79 Å². The summed E-state index contributed by atoms with van der Waals surface area (Å²) in [4.78, 5) is 16.5. The summed E-state index contributed by atoms with van der Waals surface area (Å²) in [7, 11) is 0. The number of nitrogens with two attached hydrogens (primary N) is 1. The third-order valence-corrected chi connectivity index (χ3v) is 4.12. The van der Waals surface area contributed by atoms with Crippen molar-refractivity contribution in [2.45, 2.75) is 19.4 Å². The highest BCUT2D eigenvalue weighted by Gasteiger charge is 2.17. The lowest BCUT2D eigenvalue weighted by atomic mass is 10.1. The standard InChI is InChI=1S/C16H19N3O3S/c1-16(2,17)9-18-14(20)11-8-23-15(19-11)10-3-4-12-13(7-10)22-6-5-21-12/h3-4,7-8H,5-6,9,17H2,1-2H3,(H,18,20). The molecule has 0 radical (unpaired) electrons. The van der Waals surface area contributed by atoms with Crippen molar-refractivity contribution in [3.8, 4) is 22.1 Å². The fraction of sp³-hybridized carbons (Fsp3) is 0.375. The Bertz CT molecular complexity index is 722. The highest BCUT2D eigenvalue weighted by Crippen LogP contribution is 2.35. The lowest BCUT2D eigenvalue weighted by Crippen LogP contribution is -2.45. The van der Waals surface area contributed by atoms with E-state index in [2.05, 4.69) is 10.3 Å². The van der Waals surface area contributed by atoms with Gasteiger partial charge in [0.15, 0.2) is 11.5 Å². The van der Waals surface area contributed by atoms with Crippen molar-refractivity contribution >= 4 is 17.2 Å². The van der Waals surface area contributed by atoms with Gasteiger partial charge in [0.2, 0.25) is 0 Å². The number of carbonyl (C=O) groups excluding carboxylic acids is 1. The zero-order chi connectivity index (χ0) is 16.4. The second kappa shape index (κ2) is 6.17. The van der Waals surface area contributed by atoms with E-state index in [-0.39, 0.29) is 5.91 Å². The number of rotatable bonds is 4. The number of ether oxygens (including phenoxy) is 2. The molecule has 2 aromatic rings. The molecule has 0 bridgehead atoms. The number of aromatic nitrogens is 1. The second-order valence-electron chi connectivity index (χ2n) is 6.07. The topological polar surface area (TPSA) is 86.5 Å². The Morgan fingerprint density at radius 2 is 2.09 bits per heavy atom. The van der Waals surface area contributed by atoms with E-state index in [9.17, 15) is 4.79 Å². The molecule has 1 amide bonds. The molecule has 0 saturated carbocycles. The van der Waals surface area contributed by atoms with Crippen LogP contribution in [0.4, 0.5) is 0 Å². The van der Waals surface area contributed by atoms with Crippen molar-refractivity contribution in [1.29, 1.82) is 0 Å². The summed E-state index contributed by atoms with van der Waals surface area (Å²) in [5, 5.41) is 5.29. The average molecular weight is 333 g/mol. The first-order valence-electron chi connectivity index (χ1n) is 7.35. The minimum absolute atomic E-state index is 0.219. The van der Waals surface area contributed by atoms with Gasteiger partial charge in [-0.25, -0.2) is 4.98 Å². The predicted octanol–water partition coefficient (Wildman–Crippen LogP) is 2.05. The van der Waals surface area contributed by atoms with E-state index in [0.717, 1.165) is 16.3 Å². The van der Waals surface area contributed by atoms with Crippen LogP contribution < -0.4 is 20.5 Å². The van der Waals surface area contributed by atoms with E-state index in [1.807, 2.05) is 32.0 Å². The Hall–Kier alpha value is -2.12. The van der Waals surface area contributed by atoms with Crippen LogP contribution in [-0.4, -0.2) is 36.2 Å². The summed E-state index contributed by atoms with van der Waals surface area (Å²) >= 11 is 1.42. The highest BCUT2D eigenvalue weighted by atomic mass is 32.1. The molecule has 3 N–H and O–H groups in total. The third kappa shape index (κ3) is 3.80. The van der Waals surface area contributed by atoms with Crippen molar-refractivity contribution in [3.63, 3.8) is 0 Å². The fourth-order valence-electron chi connectivity index (χ4n) is 2.09. The minimum Gasteiger partial charge on any atom is -0.486 e. The number of thiazole rings is 1. The summed E-state index contributed by atoms with van der Waals surface area (Å²) in [5.74, 6) is 1.23. The maximum absolute atomic E-state index is 12.1. The van der Waals surface area contributed by atoms with Gasteiger partial charge in [-0.15, -0.1) is 11.3 Å². The molecule has 122 valence electrons. The molecule has 3 rings (SSSR count). The average Bonchev–Trinajstić information content (AvgIpc) is 3.01. The normalized spacial score (nSPS) is 13.7. The van der Waals surface area contributed by atoms with E-state index in [1.54, 1.807) is 5.38 Å². The van der Waals surface area contributed by atoms with Crippen LogP contribution in [0.25, 0.3) is 10.6 Å². The van der Waals surface area contributed by atoms with Gasteiger partial charge in [0.25, 0.3) is 5.91 Å². The number of nitrogens with one attached hydrogen (secondary N) is 1. The van der Waals surface area contributed by atoms with Crippen molar-refractivity contribution in [2.75, 3.05) is 19.8 Å². The molecule has 1 aromatic heterocycles. The molecule has 23 heavy (non-hydrogen) atoms. The number of nitrogens with zero attached hydrogens (tertiary/aromatic N) is 1. The largest absolute Gasteiger partial charge is 0.486 e. The van der Waals surface area contributed by atoms with E-state index >= 15 is 0 Å². The number of fused-ring (bicyclic) bond motifs is 1. The van der Waals surface area contributed by atoms with Crippen LogP contribution in [0.5, 0.6) is 11.5 Å². The van der Waals surface area contributed by atoms with E-state index in [1.165, 1.54) is 11.3 Å². The van der Waals surface area contributed by atoms with Gasteiger partial charge in [-0.1, -0.05) is 0 Å². The monoisotopic (exact) mass is 333 g/mol. The second-order valence-corrected chi connectivity index (χ2v) is 6.93. The number of hydrogen-bond donors (Lipinski definition) is 2. The molecule has 6 nitrogen and oxygen atoms in total. The van der Waals surface area contributed by atoms with Gasteiger partial charge >= 0.3 is 0 Å². The number of hydrogen-bond acceptors (Lipinski definition) is 6. The van der Waals surface area contributed by atoms with E-state index in [4.69, 9.17) is 15.2 Å². The van der Waals surface area contributed by atoms with Crippen molar-refractivity contribution in [3.05, 3.63) is 29.3 Å². The quantitative estimate of drug-likeness (QED) is 0.894. The molecule has 2 heterocycles. The first-order valence-corrected chi connectivity index (χ1v) is 8.23. The summed E-state index contributed by atoms with van der Waals surface area (Å²) in [6, 6.07) is 5.66. The Morgan fingerprint density at radius 1 is 1.35 bits per heavy atom. The van der Waals surface area contributed by atoms with Crippen LogP contribution >= 0.6 is 11.3 Å². The van der Waals surface area contributed by atoms with Crippen LogP contribution in [0, 0.1) is 0 Å². The Kier molecular flexibility index (Phi) is 4.23.